The van der Waals surface area contributed by atoms with Gasteiger partial charge in [-0.15, -0.1) is 0 Å². The molecule has 0 aliphatic rings. The number of carbonyl (C=O) groups is 1. The Bertz CT molecular complexity index is 1170. The summed E-state index contributed by atoms with van der Waals surface area (Å²) >= 11 is 0. The summed E-state index contributed by atoms with van der Waals surface area (Å²) in [4.78, 5) is 41.6. The van der Waals surface area contributed by atoms with Gasteiger partial charge in [0.15, 0.2) is 11.2 Å². The third-order valence-electron chi connectivity index (χ3n) is 7.11. The highest BCUT2D eigenvalue weighted by molar-refractivity contribution is 5.70. The number of hydrogen-bond donors (Lipinski definition) is 0. The van der Waals surface area contributed by atoms with E-state index >= 15 is 0 Å². The van der Waals surface area contributed by atoms with Gasteiger partial charge in [0.1, 0.15) is 0 Å². The summed E-state index contributed by atoms with van der Waals surface area (Å²) in [5.74, 6) is -0.139. The summed E-state index contributed by atoms with van der Waals surface area (Å²) in [7, 11) is 3.37. The molecule has 0 aromatic carbocycles. The molecule has 0 aliphatic heterocycles. The summed E-state index contributed by atoms with van der Waals surface area (Å²) in [6.45, 7) is 4.47. The number of aromatic nitrogens is 4. The molecule has 2 aromatic rings. The van der Waals surface area contributed by atoms with Crippen LogP contribution < -0.4 is 11.2 Å². The molecular weight excluding hydrogens is 492 g/mol. The van der Waals surface area contributed by atoms with Crippen LogP contribution in [0.1, 0.15) is 110 Å². The van der Waals surface area contributed by atoms with E-state index in [1.807, 2.05) is 6.92 Å². The van der Waals surface area contributed by atoms with Crippen molar-refractivity contribution < 1.29 is 9.53 Å². The fraction of sp³-hybridized carbons (Fsp3) is 0.677. The van der Waals surface area contributed by atoms with Gasteiger partial charge in [0.2, 0.25) is 0 Å². The number of unbranched alkanes of at least 4 members (excludes halogenated alkanes) is 9. The SMILES string of the molecule is CCCCC/C=C/C/C=C\CCCCCCCC(=O)OC(C)CCCCn1c(=O)c2c(ncn2C)n(C)c1=O. The number of nitrogens with zero attached hydrogens (tertiary/aromatic N) is 4. The highest BCUT2D eigenvalue weighted by Crippen LogP contribution is 2.11. The van der Waals surface area contributed by atoms with Crippen molar-refractivity contribution >= 4 is 17.1 Å². The Labute approximate surface area is 233 Å². The number of ether oxygens (including phenoxy) is 1. The van der Waals surface area contributed by atoms with E-state index in [-0.39, 0.29) is 23.3 Å². The Morgan fingerprint density at radius 3 is 2.31 bits per heavy atom. The van der Waals surface area contributed by atoms with Gasteiger partial charge >= 0.3 is 11.7 Å². The number of allylic oxidation sites excluding steroid dienone is 4. The predicted molar refractivity (Wildman–Crippen MR) is 159 cm³/mol. The molecule has 0 amide bonds. The first-order valence-electron chi connectivity index (χ1n) is 15.0. The van der Waals surface area contributed by atoms with E-state index in [4.69, 9.17) is 4.74 Å². The number of carbonyl (C=O) groups excluding carboxylic acids is 1. The second-order valence-corrected chi connectivity index (χ2v) is 10.6. The molecule has 1 atom stereocenters. The van der Waals surface area contributed by atoms with Gasteiger partial charge in [-0.05, 0) is 64.7 Å². The van der Waals surface area contributed by atoms with Gasteiger partial charge in [0.05, 0.1) is 12.4 Å². The van der Waals surface area contributed by atoms with E-state index in [1.54, 1.807) is 25.0 Å². The van der Waals surface area contributed by atoms with Crippen LogP contribution in [-0.4, -0.2) is 30.8 Å². The fourth-order valence-electron chi connectivity index (χ4n) is 4.72. The molecule has 1 unspecified atom stereocenters. The molecular formula is C31H50N4O4. The van der Waals surface area contributed by atoms with Crippen LogP contribution in [0.5, 0.6) is 0 Å². The molecule has 2 heterocycles. The molecule has 8 nitrogen and oxygen atoms in total. The number of hydrogen-bond acceptors (Lipinski definition) is 5. The quantitative estimate of drug-likeness (QED) is 0.111. The van der Waals surface area contributed by atoms with Gasteiger partial charge in [-0.2, -0.15) is 0 Å². The smallest absolute Gasteiger partial charge is 0.332 e. The second kappa shape index (κ2) is 18.4. The topological polar surface area (TPSA) is 88.1 Å². The van der Waals surface area contributed by atoms with Crippen molar-refractivity contribution in [3.63, 3.8) is 0 Å². The Balaban J connectivity index is 1.51. The zero-order valence-electron chi connectivity index (χ0n) is 24.7. The first-order valence-corrected chi connectivity index (χ1v) is 15.0. The second-order valence-electron chi connectivity index (χ2n) is 10.6. The van der Waals surface area contributed by atoms with Crippen LogP contribution in [-0.2, 0) is 30.2 Å². The van der Waals surface area contributed by atoms with Gasteiger partial charge < -0.3 is 9.30 Å². The lowest BCUT2D eigenvalue weighted by Gasteiger charge is -2.13. The molecule has 2 aromatic heterocycles. The van der Waals surface area contributed by atoms with Crippen LogP contribution in [0.15, 0.2) is 40.2 Å². The van der Waals surface area contributed by atoms with Crippen molar-refractivity contribution in [3.8, 4) is 0 Å². The van der Waals surface area contributed by atoms with Crippen LogP contribution in [0.2, 0.25) is 0 Å². The maximum atomic E-state index is 12.8. The summed E-state index contributed by atoms with van der Waals surface area (Å²) in [6, 6.07) is 0. The third-order valence-corrected chi connectivity index (χ3v) is 7.11. The minimum absolute atomic E-state index is 0.139. The number of fused-ring (bicyclic) bond motifs is 1. The molecule has 2 rings (SSSR count). The average Bonchev–Trinajstić information content (AvgIpc) is 3.30. The van der Waals surface area contributed by atoms with Gasteiger partial charge in [0, 0.05) is 27.1 Å². The zero-order chi connectivity index (χ0) is 28.5. The van der Waals surface area contributed by atoms with Gasteiger partial charge in [-0.25, -0.2) is 9.78 Å². The molecule has 8 heteroatoms. The highest BCUT2D eigenvalue weighted by atomic mass is 16.5. The lowest BCUT2D eigenvalue weighted by molar-refractivity contribution is -0.148. The summed E-state index contributed by atoms with van der Waals surface area (Å²) in [5.41, 5.74) is 0.147. The predicted octanol–water partition coefficient (Wildman–Crippen LogP) is 6.35. The maximum Gasteiger partial charge on any atom is 0.332 e. The number of imidazole rings is 1. The van der Waals surface area contributed by atoms with Crippen LogP contribution in [0.25, 0.3) is 11.2 Å². The van der Waals surface area contributed by atoms with E-state index in [1.165, 1.54) is 47.7 Å². The standard InChI is InChI=1S/C31H50N4O4/c1-5-6-7-8-9-10-11-12-13-14-15-16-17-18-19-23-27(36)39-26(2)22-20-21-24-35-30(37)28-29(32-25-33(28)3)34(4)31(35)38/h9-10,12-13,25-26H,5-8,11,14-24H2,1-4H3/b10-9+,13-12-. The van der Waals surface area contributed by atoms with Crippen molar-refractivity contribution in [1.29, 1.82) is 0 Å². The van der Waals surface area contributed by atoms with Crippen molar-refractivity contribution in [3.05, 3.63) is 51.5 Å². The van der Waals surface area contributed by atoms with Crippen molar-refractivity contribution in [2.75, 3.05) is 0 Å². The zero-order valence-corrected chi connectivity index (χ0v) is 24.7. The molecule has 0 radical (unpaired) electrons. The van der Waals surface area contributed by atoms with Crippen LogP contribution in [0.3, 0.4) is 0 Å². The fourth-order valence-corrected chi connectivity index (χ4v) is 4.72. The molecule has 0 N–H and O–H groups in total. The van der Waals surface area contributed by atoms with Crippen LogP contribution >= 0.6 is 0 Å². The van der Waals surface area contributed by atoms with Crippen molar-refractivity contribution in [2.45, 2.75) is 123 Å². The summed E-state index contributed by atoms with van der Waals surface area (Å²) in [5, 5.41) is 0. The Morgan fingerprint density at radius 2 is 1.59 bits per heavy atom. The molecule has 0 bridgehead atoms. The van der Waals surface area contributed by atoms with Gasteiger partial charge in [0.25, 0.3) is 5.56 Å². The minimum Gasteiger partial charge on any atom is -0.463 e. The third kappa shape index (κ3) is 11.4. The van der Waals surface area contributed by atoms with E-state index < -0.39 is 0 Å². The molecule has 0 fully saturated rings. The van der Waals surface area contributed by atoms with E-state index in [0.717, 1.165) is 38.5 Å². The average molecular weight is 543 g/mol. The number of rotatable bonds is 20. The Hall–Kier alpha value is -2.90. The van der Waals surface area contributed by atoms with E-state index in [2.05, 4.69) is 36.2 Å². The minimum atomic E-state index is -0.358. The van der Waals surface area contributed by atoms with Crippen molar-refractivity contribution in [1.82, 2.24) is 18.7 Å². The summed E-state index contributed by atoms with van der Waals surface area (Å²) < 4.78 is 9.87. The van der Waals surface area contributed by atoms with Gasteiger partial charge in [-0.3, -0.25) is 18.7 Å². The lowest BCUT2D eigenvalue weighted by atomic mass is 10.1. The first-order chi connectivity index (χ1) is 18.9. The lowest BCUT2D eigenvalue weighted by Crippen LogP contribution is -2.39. The van der Waals surface area contributed by atoms with Gasteiger partial charge in [-0.1, -0.05) is 63.3 Å². The highest BCUT2D eigenvalue weighted by Gasteiger charge is 2.15. The molecule has 218 valence electrons. The summed E-state index contributed by atoms with van der Waals surface area (Å²) in [6.07, 6.45) is 25.8. The largest absolute Gasteiger partial charge is 0.463 e. The van der Waals surface area contributed by atoms with Crippen LogP contribution in [0.4, 0.5) is 0 Å². The molecule has 0 saturated heterocycles. The molecule has 0 aliphatic carbocycles. The molecule has 0 saturated carbocycles. The normalized spacial score (nSPS) is 12.7. The molecule has 0 spiro atoms. The van der Waals surface area contributed by atoms with E-state index in [9.17, 15) is 14.4 Å². The monoisotopic (exact) mass is 542 g/mol. The van der Waals surface area contributed by atoms with E-state index in [0.29, 0.717) is 37.0 Å². The van der Waals surface area contributed by atoms with Crippen LogP contribution in [0, 0.1) is 0 Å². The number of aryl methyl sites for hydroxylation is 2. The maximum absolute atomic E-state index is 12.8. The Kier molecular flexibility index (Phi) is 15.2. The first kappa shape index (κ1) is 32.3. The molecule has 39 heavy (non-hydrogen) atoms. The van der Waals surface area contributed by atoms with Crippen molar-refractivity contribution in [2.24, 2.45) is 14.1 Å². The Morgan fingerprint density at radius 1 is 0.923 bits per heavy atom. The number of esters is 1.